The highest BCUT2D eigenvalue weighted by molar-refractivity contribution is 5.71. The molecule has 8 heteroatoms. The van der Waals surface area contributed by atoms with Crippen LogP contribution in [0.3, 0.4) is 0 Å². The molecule has 26 heavy (non-hydrogen) atoms. The number of morpholine rings is 1. The van der Waals surface area contributed by atoms with Crippen molar-refractivity contribution in [2.45, 2.75) is 72.4 Å². The molecule has 1 fully saturated rings. The average Bonchev–Trinajstić information content (AvgIpc) is 2.92. The fourth-order valence-corrected chi connectivity index (χ4v) is 3.82. The number of aromatic nitrogens is 4. The van der Waals surface area contributed by atoms with Gasteiger partial charge in [-0.2, -0.15) is 0 Å². The average molecular weight is 363 g/mol. The number of hydrogen-bond donors (Lipinski definition) is 1. The van der Waals surface area contributed by atoms with E-state index in [4.69, 9.17) is 9.72 Å². The second kappa shape index (κ2) is 7.75. The molecular weight excluding hydrogens is 334 g/mol. The zero-order valence-corrected chi connectivity index (χ0v) is 16.1. The molecule has 1 saturated heterocycles. The minimum atomic E-state index is -0.378. The highest BCUT2D eigenvalue weighted by Gasteiger charge is 2.25. The third-order valence-corrected chi connectivity index (χ3v) is 4.88. The number of aromatic amines is 1. The second-order valence-corrected chi connectivity index (χ2v) is 7.16. The van der Waals surface area contributed by atoms with Crippen molar-refractivity contribution in [3.63, 3.8) is 0 Å². The van der Waals surface area contributed by atoms with Gasteiger partial charge in [-0.25, -0.2) is 9.78 Å². The normalized spacial score (nSPS) is 21.5. The van der Waals surface area contributed by atoms with Crippen molar-refractivity contribution in [3.05, 3.63) is 26.7 Å². The first-order chi connectivity index (χ1) is 12.4. The molecule has 0 amide bonds. The molecule has 0 bridgehead atoms. The van der Waals surface area contributed by atoms with E-state index < -0.39 is 0 Å². The number of imidazole rings is 1. The Morgan fingerprint density at radius 2 is 1.85 bits per heavy atom. The van der Waals surface area contributed by atoms with Crippen LogP contribution < -0.4 is 11.2 Å². The number of hydrogen-bond acceptors (Lipinski definition) is 5. The Balaban J connectivity index is 2.04. The summed E-state index contributed by atoms with van der Waals surface area (Å²) in [6, 6.07) is 0. The highest BCUT2D eigenvalue weighted by Crippen LogP contribution is 2.17. The molecule has 0 saturated carbocycles. The summed E-state index contributed by atoms with van der Waals surface area (Å²) in [7, 11) is 0. The minimum absolute atomic E-state index is 0.171. The Morgan fingerprint density at radius 3 is 2.46 bits per heavy atom. The predicted molar refractivity (Wildman–Crippen MR) is 100 cm³/mol. The number of H-pyrrole nitrogens is 1. The molecule has 2 unspecified atom stereocenters. The van der Waals surface area contributed by atoms with Crippen molar-refractivity contribution in [1.82, 2.24) is 24.0 Å². The zero-order valence-electron chi connectivity index (χ0n) is 16.1. The molecule has 8 nitrogen and oxygen atoms in total. The maximum Gasteiger partial charge on any atom is 0.330 e. The van der Waals surface area contributed by atoms with E-state index in [1.54, 1.807) is 4.57 Å². The maximum atomic E-state index is 12.5. The number of aryl methyl sites for hydroxylation is 2. The minimum Gasteiger partial charge on any atom is -0.373 e. The first kappa shape index (κ1) is 18.8. The van der Waals surface area contributed by atoms with E-state index in [0.29, 0.717) is 30.8 Å². The fourth-order valence-electron chi connectivity index (χ4n) is 3.82. The molecule has 2 atom stereocenters. The van der Waals surface area contributed by atoms with E-state index in [2.05, 4.69) is 30.7 Å². The predicted octanol–water partition coefficient (Wildman–Crippen LogP) is 1.32. The third kappa shape index (κ3) is 3.61. The number of rotatable bonds is 6. The van der Waals surface area contributed by atoms with Crippen LogP contribution in [0.15, 0.2) is 9.59 Å². The summed E-state index contributed by atoms with van der Waals surface area (Å²) in [5, 5.41) is 0. The van der Waals surface area contributed by atoms with Crippen LogP contribution >= 0.6 is 0 Å². The SMILES string of the molecule is CCCCn1c(=O)[nH]c(=O)c2c1nc(CN1CC(C)OC(C)C1)n2CC. The fraction of sp³-hybridized carbons (Fsp3) is 0.722. The standard InChI is InChI=1S/C18H29N5O3/c1-5-7-8-23-16-15(17(24)20-18(23)25)22(6-2)14(19-16)11-21-9-12(3)26-13(4)10-21/h12-13H,5-11H2,1-4H3,(H,20,24,25). The highest BCUT2D eigenvalue weighted by atomic mass is 16.5. The number of ether oxygens (including phenoxy) is 1. The molecule has 1 aliphatic rings. The molecule has 0 radical (unpaired) electrons. The molecule has 0 spiro atoms. The van der Waals surface area contributed by atoms with Gasteiger partial charge in [0.1, 0.15) is 5.82 Å². The largest absolute Gasteiger partial charge is 0.373 e. The van der Waals surface area contributed by atoms with Gasteiger partial charge in [-0.1, -0.05) is 13.3 Å². The quantitative estimate of drug-likeness (QED) is 0.837. The number of nitrogens with zero attached hydrogens (tertiary/aromatic N) is 4. The van der Waals surface area contributed by atoms with Gasteiger partial charge in [-0.05, 0) is 27.2 Å². The lowest BCUT2D eigenvalue weighted by Gasteiger charge is -2.35. The van der Waals surface area contributed by atoms with Crippen molar-refractivity contribution in [1.29, 1.82) is 0 Å². The monoisotopic (exact) mass is 363 g/mol. The van der Waals surface area contributed by atoms with Gasteiger partial charge in [0.05, 0.1) is 18.8 Å². The summed E-state index contributed by atoms with van der Waals surface area (Å²) in [6.07, 6.45) is 2.18. The van der Waals surface area contributed by atoms with Crippen molar-refractivity contribution < 1.29 is 4.74 Å². The molecule has 1 aliphatic heterocycles. The summed E-state index contributed by atoms with van der Waals surface area (Å²) in [5.41, 5.74) is 0.255. The van der Waals surface area contributed by atoms with Gasteiger partial charge < -0.3 is 9.30 Å². The number of nitrogens with one attached hydrogen (secondary N) is 1. The lowest BCUT2D eigenvalue weighted by molar-refractivity contribution is -0.0712. The topological polar surface area (TPSA) is 85.2 Å². The van der Waals surface area contributed by atoms with Crippen LogP contribution in [0.5, 0.6) is 0 Å². The van der Waals surface area contributed by atoms with Crippen LogP contribution in [0, 0.1) is 0 Å². The molecule has 2 aromatic heterocycles. The lowest BCUT2D eigenvalue weighted by atomic mass is 10.2. The van der Waals surface area contributed by atoms with Gasteiger partial charge in [0, 0.05) is 26.2 Å². The van der Waals surface area contributed by atoms with Crippen LogP contribution in [-0.2, 0) is 24.4 Å². The smallest absolute Gasteiger partial charge is 0.330 e. The molecular formula is C18H29N5O3. The summed E-state index contributed by atoms with van der Waals surface area (Å²) < 4.78 is 9.33. The van der Waals surface area contributed by atoms with E-state index in [1.165, 1.54) is 0 Å². The summed E-state index contributed by atoms with van der Waals surface area (Å²) in [6.45, 7) is 11.7. The van der Waals surface area contributed by atoms with E-state index in [1.807, 2.05) is 11.5 Å². The Kier molecular flexibility index (Phi) is 5.62. The Bertz CT molecular complexity index is 871. The van der Waals surface area contributed by atoms with E-state index in [9.17, 15) is 9.59 Å². The van der Waals surface area contributed by atoms with Crippen molar-refractivity contribution >= 4 is 11.2 Å². The molecule has 1 N–H and O–H groups in total. The van der Waals surface area contributed by atoms with Crippen molar-refractivity contribution in [2.75, 3.05) is 13.1 Å². The van der Waals surface area contributed by atoms with Gasteiger partial charge in [0.25, 0.3) is 5.56 Å². The summed E-state index contributed by atoms with van der Waals surface area (Å²) in [5.74, 6) is 0.824. The summed E-state index contributed by atoms with van der Waals surface area (Å²) >= 11 is 0. The van der Waals surface area contributed by atoms with Crippen molar-refractivity contribution in [2.24, 2.45) is 0 Å². The van der Waals surface area contributed by atoms with Crippen LogP contribution in [0.1, 0.15) is 46.4 Å². The summed E-state index contributed by atoms with van der Waals surface area (Å²) in [4.78, 5) is 34.2. The van der Waals surface area contributed by atoms with Gasteiger partial charge in [-0.15, -0.1) is 0 Å². The van der Waals surface area contributed by atoms with E-state index in [-0.39, 0.29) is 23.5 Å². The van der Waals surface area contributed by atoms with Gasteiger partial charge in [0.2, 0.25) is 0 Å². The molecule has 3 rings (SSSR count). The maximum absolute atomic E-state index is 12.5. The molecule has 0 aromatic carbocycles. The van der Waals surface area contributed by atoms with Gasteiger partial charge >= 0.3 is 5.69 Å². The van der Waals surface area contributed by atoms with Crippen LogP contribution in [0.25, 0.3) is 11.2 Å². The third-order valence-electron chi connectivity index (χ3n) is 4.88. The van der Waals surface area contributed by atoms with E-state index >= 15 is 0 Å². The van der Waals surface area contributed by atoms with E-state index in [0.717, 1.165) is 31.8 Å². The van der Waals surface area contributed by atoms with Crippen molar-refractivity contribution in [3.8, 4) is 0 Å². The van der Waals surface area contributed by atoms with Gasteiger partial charge in [-0.3, -0.25) is 19.2 Å². The number of unbranched alkanes of at least 4 members (excludes halogenated alkanes) is 1. The van der Waals surface area contributed by atoms with Crippen LogP contribution in [0.2, 0.25) is 0 Å². The Hall–Kier alpha value is -1.93. The second-order valence-electron chi connectivity index (χ2n) is 7.16. The molecule has 3 heterocycles. The number of fused-ring (bicyclic) bond motifs is 1. The first-order valence-electron chi connectivity index (χ1n) is 9.54. The Labute approximate surface area is 152 Å². The van der Waals surface area contributed by atoms with Crippen LogP contribution in [-0.4, -0.2) is 49.3 Å². The zero-order chi connectivity index (χ0) is 18.8. The first-order valence-corrected chi connectivity index (χ1v) is 9.54. The molecule has 2 aromatic rings. The lowest BCUT2D eigenvalue weighted by Crippen LogP contribution is -2.45. The molecule has 0 aliphatic carbocycles. The Morgan fingerprint density at radius 1 is 1.15 bits per heavy atom. The van der Waals surface area contributed by atoms with Crippen LogP contribution in [0.4, 0.5) is 0 Å². The molecule has 144 valence electrons. The van der Waals surface area contributed by atoms with Gasteiger partial charge in [0.15, 0.2) is 11.2 Å².